The number of carbonyl (C=O) groups excluding carboxylic acids is 3. The van der Waals surface area contributed by atoms with Gasteiger partial charge in [0.05, 0.1) is 7.11 Å². The number of barbiturate groups is 1. The Morgan fingerprint density at radius 2 is 1.93 bits per heavy atom. The number of amides is 4. The lowest BCUT2D eigenvalue weighted by atomic mass is 9.93. The molecule has 1 aromatic carbocycles. The number of rotatable bonds is 6. The van der Waals surface area contributed by atoms with E-state index in [-0.39, 0.29) is 11.6 Å². The lowest BCUT2D eigenvalue weighted by molar-refractivity contribution is -0.132. The predicted octanol–water partition coefficient (Wildman–Crippen LogP) is 3.05. The maximum atomic E-state index is 12.9. The molecule has 4 amide bonds. The molecule has 0 aromatic heterocycles. The van der Waals surface area contributed by atoms with Crippen molar-refractivity contribution < 1.29 is 23.9 Å². The summed E-state index contributed by atoms with van der Waals surface area (Å²) in [4.78, 5) is 38.7. The number of benzene rings is 1. The van der Waals surface area contributed by atoms with Crippen molar-refractivity contribution in [1.29, 1.82) is 0 Å². The van der Waals surface area contributed by atoms with Gasteiger partial charge >= 0.3 is 6.03 Å². The quantitative estimate of drug-likeness (QED) is 0.463. The molecule has 2 fully saturated rings. The first-order valence-corrected chi connectivity index (χ1v) is 9.37. The summed E-state index contributed by atoms with van der Waals surface area (Å²) in [5, 5.41) is 2.29. The van der Waals surface area contributed by atoms with Gasteiger partial charge in [-0.2, -0.15) is 0 Å². The number of nitrogens with zero attached hydrogens (tertiary/aromatic N) is 1. The van der Waals surface area contributed by atoms with Gasteiger partial charge in [0.25, 0.3) is 11.8 Å². The molecule has 7 heteroatoms. The Bertz CT molecular complexity index is 824. The van der Waals surface area contributed by atoms with Crippen molar-refractivity contribution in [2.45, 2.75) is 38.1 Å². The first-order valence-electron chi connectivity index (χ1n) is 9.37. The van der Waals surface area contributed by atoms with Crippen molar-refractivity contribution in [2.75, 3.05) is 13.7 Å². The van der Waals surface area contributed by atoms with Crippen LogP contribution in [0.25, 0.3) is 6.08 Å². The molecule has 3 rings (SSSR count). The predicted molar refractivity (Wildman–Crippen MR) is 104 cm³/mol. The van der Waals surface area contributed by atoms with Crippen molar-refractivity contribution in [3.05, 3.63) is 42.0 Å². The first kappa shape index (κ1) is 19.7. The van der Waals surface area contributed by atoms with Crippen LogP contribution in [-0.4, -0.2) is 42.5 Å². The summed E-state index contributed by atoms with van der Waals surface area (Å²) in [6.07, 6.45) is 7.67. The van der Waals surface area contributed by atoms with Crippen LogP contribution in [0.1, 0.15) is 37.7 Å². The maximum Gasteiger partial charge on any atom is 0.331 e. The highest BCUT2D eigenvalue weighted by Crippen LogP contribution is 2.30. The molecule has 1 saturated heterocycles. The van der Waals surface area contributed by atoms with E-state index in [1.807, 2.05) is 0 Å². The lowest BCUT2D eigenvalue weighted by Crippen LogP contribution is -2.58. The van der Waals surface area contributed by atoms with Crippen LogP contribution in [0.2, 0.25) is 0 Å². The van der Waals surface area contributed by atoms with E-state index in [9.17, 15) is 14.4 Å². The minimum absolute atomic E-state index is 0.0630. The number of ether oxygens (including phenoxy) is 2. The molecule has 7 nitrogen and oxygen atoms in total. The highest BCUT2D eigenvalue weighted by atomic mass is 16.5. The molecule has 28 heavy (non-hydrogen) atoms. The summed E-state index contributed by atoms with van der Waals surface area (Å²) in [7, 11) is 1.51. The van der Waals surface area contributed by atoms with Crippen molar-refractivity contribution in [1.82, 2.24) is 10.2 Å². The fourth-order valence-electron chi connectivity index (χ4n) is 3.55. The van der Waals surface area contributed by atoms with Crippen LogP contribution in [0.3, 0.4) is 0 Å². The Labute approximate surface area is 164 Å². The molecule has 0 radical (unpaired) electrons. The van der Waals surface area contributed by atoms with E-state index in [2.05, 4.69) is 11.9 Å². The average Bonchev–Trinajstić information content (AvgIpc) is 2.70. The summed E-state index contributed by atoms with van der Waals surface area (Å²) in [5.74, 6) is -0.234. The Hall–Kier alpha value is -3.09. The lowest BCUT2D eigenvalue weighted by Gasteiger charge is -2.35. The summed E-state index contributed by atoms with van der Waals surface area (Å²) in [5.41, 5.74) is 0.534. The normalized spacial score (nSPS) is 19.5. The fraction of sp³-hybridized carbons (Fsp3) is 0.381. The van der Waals surface area contributed by atoms with Gasteiger partial charge in [-0.05, 0) is 36.6 Å². The van der Waals surface area contributed by atoms with Crippen LogP contribution in [0, 0.1) is 0 Å². The molecule has 1 aliphatic heterocycles. The minimum atomic E-state index is -0.687. The van der Waals surface area contributed by atoms with E-state index >= 15 is 0 Å². The van der Waals surface area contributed by atoms with Crippen LogP contribution in [-0.2, 0) is 9.59 Å². The number of nitrogens with one attached hydrogen (secondary N) is 1. The van der Waals surface area contributed by atoms with Gasteiger partial charge in [-0.15, -0.1) is 0 Å². The highest BCUT2D eigenvalue weighted by molar-refractivity contribution is 6.31. The number of hydrogen-bond donors (Lipinski definition) is 1. The van der Waals surface area contributed by atoms with E-state index in [1.165, 1.54) is 18.1 Å². The summed E-state index contributed by atoms with van der Waals surface area (Å²) < 4.78 is 10.8. The number of urea groups is 1. The smallest absolute Gasteiger partial charge is 0.331 e. The second-order valence-electron chi connectivity index (χ2n) is 6.79. The van der Waals surface area contributed by atoms with Crippen LogP contribution in [0.5, 0.6) is 11.5 Å². The SMILES string of the molecule is C=CCOc1ccc(C=C2C(=O)NC(=O)N(C3CCCCC3)C2=O)cc1OC. The summed E-state index contributed by atoms with van der Waals surface area (Å²) in [6, 6.07) is 4.29. The molecule has 0 spiro atoms. The molecule has 0 atom stereocenters. The van der Waals surface area contributed by atoms with Gasteiger partial charge < -0.3 is 9.47 Å². The Morgan fingerprint density at radius 1 is 1.18 bits per heavy atom. The summed E-state index contributed by atoms with van der Waals surface area (Å²) in [6.45, 7) is 3.93. The second-order valence-corrected chi connectivity index (χ2v) is 6.79. The average molecular weight is 384 g/mol. The topological polar surface area (TPSA) is 84.9 Å². The van der Waals surface area contributed by atoms with Gasteiger partial charge in [-0.3, -0.25) is 19.8 Å². The Balaban J connectivity index is 1.88. The fourth-order valence-corrected chi connectivity index (χ4v) is 3.55. The van der Waals surface area contributed by atoms with E-state index in [4.69, 9.17) is 9.47 Å². The standard InChI is InChI=1S/C21H24N2O5/c1-3-11-28-17-10-9-14(13-18(17)27-2)12-16-19(24)22-21(26)23(20(16)25)15-7-5-4-6-8-15/h3,9-10,12-13,15H,1,4-8,11H2,2H3,(H,22,24,26). The van der Waals surface area contributed by atoms with E-state index in [0.717, 1.165) is 32.1 Å². The zero-order valence-electron chi connectivity index (χ0n) is 15.9. The van der Waals surface area contributed by atoms with Crippen LogP contribution in [0.4, 0.5) is 4.79 Å². The van der Waals surface area contributed by atoms with Crippen molar-refractivity contribution in [2.24, 2.45) is 0 Å². The Morgan fingerprint density at radius 3 is 2.61 bits per heavy atom. The zero-order valence-corrected chi connectivity index (χ0v) is 15.9. The minimum Gasteiger partial charge on any atom is -0.493 e. The molecule has 1 saturated carbocycles. The molecular weight excluding hydrogens is 360 g/mol. The number of carbonyl (C=O) groups is 3. The largest absolute Gasteiger partial charge is 0.493 e. The van der Waals surface area contributed by atoms with Gasteiger partial charge in [-0.25, -0.2) is 4.79 Å². The van der Waals surface area contributed by atoms with Gasteiger partial charge in [0.15, 0.2) is 11.5 Å². The van der Waals surface area contributed by atoms with E-state index < -0.39 is 17.8 Å². The highest BCUT2D eigenvalue weighted by Gasteiger charge is 2.40. The van der Waals surface area contributed by atoms with Crippen molar-refractivity contribution in [3.8, 4) is 11.5 Å². The van der Waals surface area contributed by atoms with Crippen LogP contribution >= 0.6 is 0 Å². The van der Waals surface area contributed by atoms with Gasteiger partial charge in [-0.1, -0.05) is 38.0 Å². The molecule has 1 aliphatic carbocycles. The van der Waals surface area contributed by atoms with Crippen molar-refractivity contribution >= 4 is 23.9 Å². The molecule has 1 N–H and O–H groups in total. The third-order valence-electron chi connectivity index (χ3n) is 4.93. The van der Waals surface area contributed by atoms with Gasteiger partial charge in [0.2, 0.25) is 0 Å². The number of hydrogen-bond acceptors (Lipinski definition) is 5. The molecular formula is C21H24N2O5. The molecule has 0 bridgehead atoms. The summed E-state index contributed by atoms with van der Waals surface area (Å²) >= 11 is 0. The zero-order chi connectivity index (χ0) is 20.1. The second kappa shape index (κ2) is 8.73. The first-order chi connectivity index (χ1) is 13.5. The third kappa shape index (κ3) is 4.08. The number of imide groups is 2. The third-order valence-corrected chi connectivity index (χ3v) is 4.93. The molecule has 2 aliphatic rings. The van der Waals surface area contributed by atoms with Crippen molar-refractivity contribution in [3.63, 3.8) is 0 Å². The monoisotopic (exact) mass is 384 g/mol. The molecule has 1 heterocycles. The van der Waals surface area contributed by atoms with Gasteiger partial charge in [0.1, 0.15) is 12.2 Å². The molecule has 0 unspecified atom stereocenters. The maximum absolute atomic E-state index is 12.9. The Kier molecular flexibility index (Phi) is 6.13. The van der Waals surface area contributed by atoms with Crippen LogP contribution in [0.15, 0.2) is 36.4 Å². The molecule has 1 aromatic rings. The van der Waals surface area contributed by atoms with E-state index in [1.54, 1.807) is 24.3 Å². The van der Waals surface area contributed by atoms with Gasteiger partial charge in [0, 0.05) is 6.04 Å². The van der Waals surface area contributed by atoms with E-state index in [0.29, 0.717) is 23.7 Å². The number of methoxy groups -OCH3 is 1. The van der Waals surface area contributed by atoms with Crippen LogP contribution < -0.4 is 14.8 Å². The molecule has 148 valence electrons.